The lowest BCUT2D eigenvalue weighted by molar-refractivity contribution is -0.136. The molecule has 0 aliphatic rings. The molecule has 0 amide bonds. The fourth-order valence-corrected chi connectivity index (χ4v) is 2.66. The first-order valence-electron chi connectivity index (χ1n) is 5.80. The van der Waals surface area contributed by atoms with Gasteiger partial charge in [-0.2, -0.15) is 0 Å². The quantitative estimate of drug-likeness (QED) is 0.917. The lowest BCUT2D eigenvalue weighted by Gasteiger charge is -2.03. The van der Waals surface area contributed by atoms with Crippen molar-refractivity contribution in [1.82, 2.24) is 4.98 Å². The van der Waals surface area contributed by atoms with Crippen LogP contribution in [-0.4, -0.2) is 16.1 Å². The van der Waals surface area contributed by atoms with Crippen molar-refractivity contribution in [2.24, 2.45) is 0 Å². The van der Waals surface area contributed by atoms with Gasteiger partial charge in [-0.05, 0) is 19.4 Å². The minimum absolute atomic E-state index is 0.139. The second-order valence-electron chi connectivity index (χ2n) is 4.34. The molecule has 4 heteroatoms. The molecule has 1 N–H and O–H groups in total. The summed E-state index contributed by atoms with van der Waals surface area (Å²) in [5, 5.41) is 11.5. The summed E-state index contributed by atoms with van der Waals surface area (Å²) in [7, 11) is 0. The third kappa shape index (κ3) is 2.96. The lowest BCUT2D eigenvalue weighted by atomic mass is 10.0. The summed E-state index contributed by atoms with van der Waals surface area (Å²) in [6.45, 7) is 4.13. The van der Waals surface area contributed by atoms with Gasteiger partial charge in [0, 0.05) is 17.4 Å². The van der Waals surface area contributed by atoms with Gasteiger partial charge in [0.05, 0.1) is 17.1 Å². The molecule has 0 aliphatic heterocycles. The molecule has 0 atom stereocenters. The van der Waals surface area contributed by atoms with Gasteiger partial charge in [0.25, 0.3) is 0 Å². The standard InChI is InChI=1S/C14H15NO2S/c1-9-3-4-11(10(2)7-9)12-8-18-13(15-12)5-6-14(16)17/h3-4,7-8H,5-6H2,1-2H3,(H,16,17). The molecule has 0 radical (unpaired) electrons. The van der Waals surface area contributed by atoms with Crippen LogP contribution in [0.15, 0.2) is 23.6 Å². The van der Waals surface area contributed by atoms with Crippen molar-refractivity contribution in [3.8, 4) is 11.3 Å². The first-order chi connectivity index (χ1) is 8.56. The Bertz CT molecular complexity index is 575. The number of carbonyl (C=O) groups is 1. The molecule has 2 rings (SSSR count). The van der Waals surface area contributed by atoms with Crippen LogP contribution in [0.25, 0.3) is 11.3 Å². The number of aryl methyl sites for hydroxylation is 3. The molecule has 0 saturated heterocycles. The number of benzene rings is 1. The van der Waals surface area contributed by atoms with Crippen molar-refractivity contribution < 1.29 is 9.90 Å². The zero-order valence-electron chi connectivity index (χ0n) is 10.4. The van der Waals surface area contributed by atoms with E-state index in [-0.39, 0.29) is 6.42 Å². The van der Waals surface area contributed by atoms with Crippen molar-refractivity contribution in [2.45, 2.75) is 26.7 Å². The molecule has 0 fully saturated rings. The highest BCUT2D eigenvalue weighted by Crippen LogP contribution is 2.26. The van der Waals surface area contributed by atoms with Crippen molar-refractivity contribution in [1.29, 1.82) is 0 Å². The van der Waals surface area contributed by atoms with E-state index in [1.54, 1.807) is 0 Å². The SMILES string of the molecule is Cc1ccc(-c2csc(CCC(=O)O)n2)c(C)c1. The zero-order valence-corrected chi connectivity index (χ0v) is 11.3. The molecule has 18 heavy (non-hydrogen) atoms. The minimum Gasteiger partial charge on any atom is -0.481 e. The summed E-state index contributed by atoms with van der Waals surface area (Å²) in [6.07, 6.45) is 0.644. The van der Waals surface area contributed by atoms with Crippen LogP contribution in [0, 0.1) is 13.8 Å². The van der Waals surface area contributed by atoms with Gasteiger partial charge < -0.3 is 5.11 Å². The van der Waals surface area contributed by atoms with E-state index in [0.29, 0.717) is 6.42 Å². The molecular weight excluding hydrogens is 246 g/mol. The second-order valence-corrected chi connectivity index (χ2v) is 5.28. The fraction of sp³-hybridized carbons (Fsp3) is 0.286. The molecule has 94 valence electrons. The Morgan fingerprint density at radius 3 is 2.83 bits per heavy atom. The van der Waals surface area contributed by atoms with Gasteiger partial charge in [0.15, 0.2) is 0 Å². The first kappa shape index (κ1) is 12.8. The Hall–Kier alpha value is -1.68. The van der Waals surface area contributed by atoms with Gasteiger partial charge in [-0.15, -0.1) is 11.3 Å². The van der Waals surface area contributed by atoms with Crippen LogP contribution in [0.1, 0.15) is 22.6 Å². The fourth-order valence-electron chi connectivity index (χ4n) is 1.86. The Balaban J connectivity index is 2.21. The van der Waals surface area contributed by atoms with E-state index in [1.807, 2.05) is 5.38 Å². The summed E-state index contributed by atoms with van der Waals surface area (Å²) in [5.74, 6) is -0.779. The van der Waals surface area contributed by atoms with Gasteiger partial charge in [-0.3, -0.25) is 4.79 Å². The average Bonchev–Trinajstić information content (AvgIpc) is 2.75. The number of hydrogen-bond donors (Lipinski definition) is 1. The predicted molar refractivity (Wildman–Crippen MR) is 73.0 cm³/mol. The molecule has 1 heterocycles. The summed E-state index contributed by atoms with van der Waals surface area (Å²) in [4.78, 5) is 15.0. The molecular formula is C14H15NO2S. The minimum atomic E-state index is -0.779. The Kier molecular flexibility index (Phi) is 3.77. The number of nitrogens with zero attached hydrogens (tertiary/aromatic N) is 1. The molecule has 1 aromatic carbocycles. The Morgan fingerprint density at radius 1 is 1.39 bits per heavy atom. The monoisotopic (exact) mass is 261 g/mol. The van der Waals surface area contributed by atoms with Crippen LogP contribution in [0.5, 0.6) is 0 Å². The van der Waals surface area contributed by atoms with Crippen molar-refractivity contribution >= 4 is 17.3 Å². The molecule has 0 spiro atoms. The first-order valence-corrected chi connectivity index (χ1v) is 6.68. The largest absolute Gasteiger partial charge is 0.481 e. The maximum Gasteiger partial charge on any atom is 0.303 e. The maximum absolute atomic E-state index is 10.5. The number of carboxylic acids is 1. The number of aliphatic carboxylic acids is 1. The highest BCUT2D eigenvalue weighted by atomic mass is 32.1. The van der Waals surface area contributed by atoms with Gasteiger partial charge in [-0.1, -0.05) is 23.8 Å². The molecule has 0 unspecified atom stereocenters. The number of rotatable bonds is 4. The number of hydrogen-bond acceptors (Lipinski definition) is 3. The zero-order chi connectivity index (χ0) is 13.1. The van der Waals surface area contributed by atoms with E-state index in [9.17, 15) is 4.79 Å². The number of carboxylic acid groups (broad SMARTS) is 1. The number of aromatic nitrogens is 1. The van der Waals surface area contributed by atoms with E-state index in [4.69, 9.17) is 5.11 Å². The van der Waals surface area contributed by atoms with Gasteiger partial charge in [0.2, 0.25) is 0 Å². The molecule has 3 nitrogen and oxygen atoms in total. The van der Waals surface area contributed by atoms with Gasteiger partial charge >= 0.3 is 5.97 Å². The molecule has 2 aromatic rings. The van der Waals surface area contributed by atoms with Crippen LogP contribution in [0.3, 0.4) is 0 Å². The normalized spacial score (nSPS) is 10.6. The summed E-state index contributed by atoms with van der Waals surface area (Å²) in [5.41, 5.74) is 4.50. The third-order valence-corrected chi connectivity index (χ3v) is 3.67. The van der Waals surface area contributed by atoms with Crippen LogP contribution < -0.4 is 0 Å². The summed E-state index contributed by atoms with van der Waals surface area (Å²) >= 11 is 1.52. The smallest absolute Gasteiger partial charge is 0.303 e. The predicted octanol–water partition coefficient (Wildman–Crippen LogP) is 3.44. The third-order valence-electron chi connectivity index (χ3n) is 2.76. The average molecular weight is 261 g/mol. The highest BCUT2D eigenvalue weighted by Gasteiger charge is 2.08. The van der Waals surface area contributed by atoms with E-state index < -0.39 is 5.97 Å². The summed E-state index contributed by atoms with van der Waals surface area (Å²) < 4.78 is 0. The van der Waals surface area contributed by atoms with Crippen LogP contribution >= 0.6 is 11.3 Å². The van der Waals surface area contributed by atoms with Gasteiger partial charge in [-0.25, -0.2) is 4.98 Å². The highest BCUT2D eigenvalue weighted by molar-refractivity contribution is 7.09. The Labute approximate surface area is 110 Å². The van der Waals surface area contributed by atoms with Crippen LogP contribution in [0.2, 0.25) is 0 Å². The second kappa shape index (κ2) is 5.31. The summed E-state index contributed by atoms with van der Waals surface area (Å²) in [6, 6.07) is 6.27. The topological polar surface area (TPSA) is 50.2 Å². The molecule has 1 aromatic heterocycles. The van der Waals surface area contributed by atoms with E-state index in [0.717, 1.165) is 16.3 Å². The van der Waals surface area contributed by atoms with E-state index >= 15 is 0 Å². The van der Waals surface area contributed by atoms with Crippen molar-refractivity contribution in [3.63, 3.8) is 0 Å². The van der Waals surface area contributed by atoms with Crippen molar-refractivity contribution in [3.05, 3.63) is 39.7 Å². The maximum atomic E-state index is 10.5. The van der Waals surface area contributed by atoms with Crippen LogP contribution in [-0.2, 0) is 11.2 Å². The van der Waals surface area contributed by atoms with E-state index in [1.165, 1.54) is 22.5 Å². The Morgan fingerprint density at radius 2 is 2.17 bits per heavy atom. The lowest BCUT2D eigenvalue weighted by Crippen LogP contribution is -1.97. The molecule has 0 aliphatic carbocycles. The van der Waals surface area contributed by atoms with Gasteiger partial charge in [0.1, 0.15) is 0 Å². The van der Waals surface area contributed by atoms with E-state index in [2.05, 4.69) is 37.0 Å². The molecule has 0 bridgehead atoms. The van der Waals surface area contributed by atoms with Crippen LogP contribution in [0.4, 0.5) is 0 Å². The number of thiazole rings is 1. The molecule has 0 saturated carbocycles. The van der Waals surface area contributed by atoms with Crippen molar-refractivity contribution in [2.75, 3.05) is 0 Å².